The number of aryl methyl sites for hydroxylation is 1. The van der Waals surface area contributed by atoms with Gasteiger partial charge in [0, 0.05) is 6.20 Å². The van der Waals surface area contributed by atoms with Gasteiger partial charge in [0.1, 0.15) is 5.75 Å². The molecule has 0 aliphatic carbocycles. The Labute approximate surface area is 123 Å². The van der Waals surface area contributed by atoms with E-state index >= 15 is 0 Å². The van der Waals surface area contributed by atoms with E-state index in [0.717, 1.165) is 5.56 Å². The van der Waals surface area contributed by atoms with Crippen LogP contribution in [0.25, 0.3) is 0 Å². The Morgan fingerprint density at radius 2 is 2.05 bits per heavy atom. The Balaban J connectivity index is 1.85. The molecule has 0 spiro atoms. The lowest BCUT2D eigenvalue weighted by molar-refractivity contribution is -0.127. The van der Waals surface area contributed by atoms with Gasteiger partial charge in [0.15, 0.2) is 6.10 Å². The van der Waals surface area contributed by atoms with Crippen molar-refractivity contribution in [1.82, 2.24) is 10.4 Å². The van der Waals surface area contributed by atoms with Crippen LogP contribution in [-0.4, -0.2) is 23.2 Å². The predicted octanol–water partition coefficient (Wildman–Crippen LogP) is 2.31. The number of hydrogen-bond acceptors (Lipinski definition) is 4. The van der Waals surface area contributed by atoms with Crippen molar-refractivity contribution in [2.24, 2.45) is 5.10 Å². The average molecular weight is 283 g/mol. The summed E-state index contributed by atoms with van der Waals surface area (Å²) in [5, 5.41) is 3.85. The van der Waals surface area contributed by atoms with E-state index in [1.165, 1.54) is 6.21 Å². The summed E-state index contributed by atoms with van der Waals surface area (Å²) < 4.78 is 5.53. The van der Waals surface area contributed by atoms with E-state index in [4.69, 9.17) is 4.74 Å². The second-order valence-corrected chi connectivity index (χ2v) is 4.56. The van der Waals surface area contributed by atoms with E-state index in [1.807, 2.05) is 43.3 Å². The molecule has 5 nitrogen and oxygen atoms in total. The number of amides is 1. The topological polar surface area (TPSA) is 63.6 Å². The van der Waals surface area contributed by atoms with Gasteiger partial charge in [-0.25, -0.2) is 5.43 Å². The monoisotopic (exact) mass is 283 g/mol. The molecule has 2 rings (SSSR count). The molecular weight excluding hydrogens is 266 g/mol. The van der Waals surface area contributed by atoms with Gasteiger partial charge in [-0.3, -0.25) is 9.78 Å². The summed E-state index contributed by atoms with van der Waals surface area (Å²) >= 11 is 0. The number of hydrogen-bond donors (Lipinski definition) is 1. The van der Waals surface area contributed by atoms with Gasteiger partial charge in [0.25, 0.3) is 5.91 Å². The Kier molecular flexibility index (Phi) is 5.04. The van der Waals surface area contributed by atoms with Crippen LogP contribution in [0.4, 0.5) is 0 Å². The molecule has 1 aromatic carbocycles. The smallest absolute Gasteiger partial charge is 0.280 e. The highest BCUT2D eigenvalue weighted by atomic mass is 16.5. The van der Waals surface area contributed by atoms with Crippen LogP contribution in [0, 0.1) is 6.92 Å². The van der Waals surface area contributed by atoms with Crippen LogP contribution in [0.1, 0.15) is 18.2 Å². The molecule has 2 aromatic rings. The molecule has 0 bridgehead atoms. The summed E-state index contributed by atoms with van der Waals surface area (Å²) in [7, 11) is 0. The van der Waals surface area contributed by atoms with Crippen molar-refractivity contribution in [1.29, 1.82) is 0 Å². The SMILES string of the molecule is Cc1ccc(O[C@@H](C)C(=O)N/N=C/c2ccccn2)cc1. The molecule has 0 radical (unpaired) electrons. The highest BCUT2D eigenvalue weighted by Gasteiger charge is 2.13. The van der Waals surface area contributed by atoms with Crippen LogP contribution >= 0.6 is 0 Å². The number of nitrogens with one attached hydrogen (secondary N) is 1. The second kappa shape index (κ2) is 7.19. The third kappa shape index (κ3) is 4.72. The lowest BCUT2D eigenvalue weighted by Gasteiger charge is -2.12. The highest BCUT2D eigenvalue weighted by Crippen LogP contribution is 2.13. The summed E-state index contributed by atoms with van der Waals surface area (Å²) in [6.07, 6.45) is 2.51. The average Bonchev–Trinajstić information content (AvgIpc) is 2.50. The summed E-state index contributed by atoms with van der Waals surface area (Å²) in [6.45, 7) is 3.66. The van der Waals surface area contributed by atoms with Crippen molar-refractivity contribution in [2.45, 2.75) is 20.0 Å². The number of rotatable bonds is 5. The van der Waals surface area contributed by atoms with Gasteiger partial charge in [-0.15, -0.1) is 0 Å². The Morgan fingerprint density at radius 3 is 2.71 bits per heavy atom. The number of pyridine rings is 1. The third-order valence-electron chi connectivity index (χ3n) is 2.76. The quantitative estimate of drug-likeness (QED) is 0.676. The van der Waals surface area contributed by atoms with Crippen molar-refractivity contribution in [2.75, 3.05) is 0 Å². The first-order chi connectivity index (χ1) is 10.1. The number of carbonyl (C=O) groups is 1. The zero-order chi connectivity index (χ0) is 15.1. The minimum absolute atomic E-state index is 0.317. The number of aromatic nitrogens is 1. The van der Waals surface area contributed by atoms with E-state index in [9.17, 15) is 4.79 Å². The normalized spacial score (nSPS) is 12.1. The lowest BCUT2D eigenvalue weighted by atomic mass is 10.2. The predicted molar refractivity (Wildman–Crippen MR) is 81.2 cm³/mol. The molecule has 1 aromatic heterocycles. The van der Waals surface area contributed by atoms with Crippen LogP contribution in [0.3, 0.4) is 0 Å². The van der Waals surface area contributed by atoms with Crippen LogP contribution in [0.5, 0.6) is 5.75 Å². The summed E-state index contributed by atoms with van der Waals surface area (Å²) in [6, 6.07) is 13.0. The zero-order valence-corrected chi connectivity index (χ0v) is 12.0. The first-order valence-corrected chi connectivity index (χ1v) is 6.62. The number of nitrogens with zero attached hydrogens (tertiary/aromatic N) is 2. The first-order valence-electron chi connectivity index (χ1n) is 6.62. The van der Waals surface area contributed by atoms with Gasteiger partial charge < -0.3 is 4.74 Å². The molecule has 0 fully saturated rings. The van der Waals surface area contributed by atoms with Gasteiger partial charge in [-0.05, 0) is 38.1 Å². The van der Waals surface area contributed by atoms with Crippen LogP contribution in [0.15, 0.2) is 53.8 Å². The zero-order valence-electron chi connectivity index (χ0n) is 12.0. The molecule has 0 aliphatic rings. The molecular formula is C16H17N3O2. The number of ether oxygens (including phenoxy) is 1. The maximum absolute atomic E-state index is 11.8. The fourth-order valence-electron chi connectivity index (χ4n) is 1.58. The lowest BCUT2D eigenvalue weighted by Crippen LogP contribution is -2.33. The minimum atomic E-state index is -0.631. The van der Waals surface area contributed by atoms with Crippen molar-refractivity contribution < 1.29 is 9.53 Å². The molecule has 0 saturated heterocycles. The van der Waals surface area contributed by atoms with Crippen LogP contribution in [0.2, 0.25) is 0 Å². The molecule has 1 atom stereocenters. The summed E-state index contributed by atoms with van der Waals surface area (Å²) in [5.41, 5.74) is 4.24. The van der Waals surface area contributed by atoms with Gasteiger partial charge in [-0.2, -0.15) is 5.10 Å². The minimum Gasteiger partial charge on any atom is -0.481 e. The fourth-order valence-corrected chi connectivity index (χ4v) is 1.58. The van der Waals surface area contributed by atoms with E-state index in [1.54, 1.807) is 19.2 Å². The molecule has 1 amide bonds. The Hall–Kier alpha value is -2.69. The Bertz CT molecular complexity index is 609. The first kappa shape index (κ1) is 14.7. The van der Waals surface area contributed by atoms with Gasteiger partial charge in [0.2, 0.25) is 0 Å². The Morgan fingerprint density at radius 1 is 1.29 bits per heavy atom. The van der Waals surface area contributed by atoms with Crippen LogP contribution < -0.4 is 10.2 Å². The second-order valence-electron chi connectivity index (χ2n) is 4.56. The van der Waals surface area contributed by atoms with E-state index in [2.05, 4.69) is 15.5 Å². The maximum atomic E-state index is 11.8. The van der Waals surface area contributed by atoms with Crippen LogP contribution in [-0.2, 0) is 4.79 Å². The van der Waals surface area contributed by atoms with Crippen molar-refractivity contribution in [3.8, 4) is 5.75 Å². The molecule has 0 unspecified atom stereocenters. The molecule has 5 heteroatoms. The van der Waals surface area contributed by atoms with Crippen molar-refractivity contribution >= 4 is 12.1 Å². The number of benzene rings is 1. The van der Waals surface area contributed by atoms with Crippen molar-refractivity contribution in [3.63, 3.8) is 0 Å². The molecule has 1 heterocycles. The van der Waals surface area contributed by atoms with E-state index in [-0.39, 0.29) is 5.91 Å². The number of hydrazone groups is 1. The van der Waals surface area contributed by atoms with E-state index in [0.29, 0.717) is 11.4 Å². The number of carbonyl (C=O) groups excluding carboxylic acids is 1. The molecule has 0 saturated carbocycles. The fraction of sp³-hybridized carbons (Fsp3) is 0.188. The van der Waals surface area contributed by atoms with Crippen molar-refractivity contribution in [3.05, 3.63) is 59.9 Å². The summed E-state index contributed by atoms with van der Waals surface area (Å²) in [4.78, 5) is 15.9. The van der Waals surface area contributed by atoms with Gasteiger partial charge in [0.05, 0.1) is 11.9 Å². The molecule has 0 aliphatic heterocycles. The summed E-state index contributed by atoms with van der Waals surface area (Å²) in [5.74, 6) is 0.333. The third-order valence-corrected chi connectivity index (χ3v) is 2.76. The molecule has 21 heavy (non-hydrogen) atoms. The van der Waals surface area contributed by atoms with Gasteiger partial charge in [-0.1, -0.05) is 23.8 Å². The highest BCUT2D eigenvalue weighted by molar-refractivity contribution is 5.83. The van der Waals surface area contributed by atoms with Gasteiger partial charge >= 0.3 is 0 Å². The standard InChI is InChI=1S/C16H17N3O2/c1-12-6-8-15(9-7-12)21-13(2)16(20)19-18-11-14-5-3-4-10-17-14/h3-11,13H,1-2H3,(H,19,20)/b18-11+/t13-/m0/s1. The molecule has 108 valence electrons. The maximum Gasteiger partial charge on any atom is 0.280 e. The largest absolute Gasteiger partial charge is 0.481 e. The molecule has 1 N–H and O–H groups in total. The van der Waals surface area contributed by atoms with E-state index < -0.39 is 6.10 Å².